The lowest BCUT2D eigenvalue weighted by Crippen LogP contribution is -2.34. The molecule has 2 aromatic rings. The average molecular weight is 531 g/mol. The van der Waals surface area contributed by atoms with Crippen molar-refractivity contribution in [1.82, 2.24) is 0 Å². The van der Waals surface area contributed by atoms with Crippen molar-refractivity contribution in [1.29, 1.82) is 0 Å². The third-order valence-electron chi connectivity index (χ3n) is 5.85. The maximum Gasteiger partial charge on any atom is 0.514 e. The van der Waals surface area contributed by atoms with Gasteiger partial charge in [-0.3, -0.25) is 0 Å². The summed E-state index contributed by atoms with van der Waals surface area (Å²) in [7, 11) is 0. The van der Waals surface area contributed by atoms with Gasteiger partial charge in [-0.1, -0.05) is 70.9 Å². The van der Waals surface area contributed by atoms with Crippen LogP contribution in [0, 0.1) is 11.6 Å². The maximum absolute atomic E-state index is 14.7. The largest absolute Gasteiger partial charge is 0.514 e. The maximum atomic E-state index is 14.7. The first-order chi connectivity index (χ1) is 17.7. The molecular formula is C28H35F5O4. The molecule has 206 valence electrons. The van der Waals surface area contributed by atoms with Crippen molar-refractivity contribution in [2.45, 2.75) is 90.3 Å². The molecule has 0 N–H and O–H groups in total. The zero-order valence-corrected chi connectivity index (χ0v) is 21.3. The molecule has 4 nitrogen and oxygen atoms in total. The van der Waals surface area contributed by atoms with Gasteiger partial charge in [0.05, 0.1) is 6.61 Å². The average Bonchev–Trinajstić information content (AvgIpc) is 2.86. The molecule has 0 amide bonds. The Labute approximate surface area is 215 Å². The van der Waals surface area contributed by atoms with Crippen LogP contribution in [0.25, 0.3) is 11.1 Å². The van der Waals surface area contributed by atoms with E-state index in [9.17, 15) is 26.7 Å². The Kier molecular flexibility index (Phi) is 12.7. The van der Waals surface area contributed by atoms with Crippen molar-refractivity contribution < 1.29 is 41.0 Å². The molecule has 0 fully saturated rings. The van der Waals surface area contributed by atoms with E-state index >= 15 is 0 Å². The van der Waals surface area contributed by atoms with Crippen LogP contribution in [0.3, 0.4) is 0 Å². The Hall–Kier alpha value is -2.84. The zero-order valence-electron chi connectivity index (χ0n) is 21.3. The summed E-state index contributed by atoms with van der Waals surface area (Å²) >= 11 is 0. The summed E-state index contributed by atoms with van der Waals surface area (Å²) in [6.45, 7) is 4.65. The van der Waals surface area contributed by atoms with Gasteiger partial charge in [0, 0.05) is 5.56 Å². The highest BCUT2D eigenvalue weighted by Gasteiger charge is 2.43. The predicted molar refractivity (Wildman–Crippen MR) is 132 cm³/mol. The predicted octanol–water partition coefficient (Wildman–Crippen LogP) is 9.40. The first-order valence-electron chi connectivity index (χ1n) is 12.8. The van der Waals surface area contributed by atoms with Crippen LogP contribution in [-0.4, -0.2) is 25.0 Å². The fraction of sp³-hybridized carbons (Fsp3) is 0.536. The fourth-order valence-corrected chi connectivity index (χ4v) is 3.74. The summed E-state index contributed by atoms with van der Waals surface area (Å²) in [5, 5.41) is 0. The summed E-state index contributed by atoms with van der Waals surface area (Å²) in [5.74, 6) is -3.08. The van der Waals surface area contributed by atoms with Crippen molar-refractivity contribution in [3.05, 3.63) is 48.0 Å². The molecule has 0 heterocycles. The normalized spacial score (nSPS) is 12.3. The lowest BCUT2D eigenvalue weighted by atomic mass is 10.0. The Morgan fingerprint density at radius 3 is 2.05 bits per heavy atom. The van der Waals surface area contributed by atoms with Crippen LogP contribution in [0.5, 0.6) is 11.5 Å². The van der Waals surface area contributed by atoms with Crippen LogP contribution in [0.1, 0.15) is 78.1 Å². The topological polar surface area (TPSA) is 44.8 Å². The number of hydrogen-bond acceptors (Lipinski definition) is 4. The fourth-order valence-electron chi connectivity index (χ4n) is 3.74. The van der Waals surface area contributed by atoms with Crippen molar-refractivity contribution in [3.8, 4) is 22.6 Å². The minimum Gasteiger partial charge on any atom is -0.494 e. The van der Waals surface area contributed by atoms with E-state index in [0.717, 1.165) is 51.0 Å². The van der Waals surface area contributed by atoms with Crippen molar-refractivity contribution >= 4 is 6.16 Å². The molecule has 0 aliphatic heterocycles. The number of carbonyl (C=O) groups is 1. The molecule has 1 unspecified atom stereocenters. The SMILES string of the molecule is CCCCCCCC(OC(=O)Oc1ccc(-c2ccc(OCCCCCC)cc2)c(F)c1F)C(F)(F)F. The Morgan fingerprint density at radius 1 is 0.811 bits per heavy atom. The summed E-state index contributed by atoms with van der Waals surface area (Å²) in [4.78, 5) is 12.0. The van der Waals surface area contributed by atoms with Gasteiger partial charge >= 0.3 is 12.3 Å². The number of unbranched alkanes of at least 4 members (excludes halogenated alkanes) is 7. The van der Waals surface area contributed by atoms with Gasteiger partial charge in [0.15, 0.2) is 11.6 Å². The molecule has 0 spiro atoms. The van der Waals surface area contributed by atoms with E-state index in [1.54, 1.807) is 24.3 Å². The number of benzene rings is 2. The summed E-state index contributed by atoms with van der Waals surface area (Å²) in [6, 6.07) is 8.53. The highest BCUT2D eigenvalue weighted by Crippen LogP contribution is 2.32. The van der Waals surface area contributed by atoms with Gasteiger partial charge in [0.25, 0.3) is 0 Å². The van der Waals surface area contributed by atoms with Crippen LogP contribution >= 0.6 is 0 Å². The Balaban J connectivity index is 1.99. The molecule has 9 heteroatoms. The van der Waals surface area contributed by atoms with Gasteiger partial charge in [0.1, 0.15) is 5.75 Å². The number of hydrogen-bond donors (Lipinski definition) is 0. The molecule has 0 radical (unpaired) electrons. The molecule has 2 rings (SSSR count). The molecule has 0 bridgehead atoms. The third-order valence-corrected chi connectivity index (χ3v) is 5.85. The van der Waals surface area contributed by atoms with E-state index in [4.69, 9.17) is 4.74 Å². The smallest absolute Gasteiger partial charge is 0.494 e. The first-order valence-corrected chi connectivity index (χ1v) is 12.8. The molecule has 0 aromatic heterocycles. The molecule has 0 saturated heterocycles. The number of rotatable bonds is 15. The van der Waals surface area contributed by atoms with Crippen LogP contribution in [0.2, 0.25) is 0 Å². The Morgan fingerprint density at radius 2 is 1.43 bits per heavy atom. The molecule has 1 atom stereocenters. The summed E-state index contributed by atoms with van der Waals surface area (Å²) in [6.07, 6.45) is -1.76. The molecule has 2 aromatic carbocycles. The number of ether oxygens (including phenoxy) is 3. The summed E-state index contributed by atoms with van der Waals surface area (Å²) < 4.78 is 83.7. The lowest BCUT2D eigenvalue weighted by molar-refractivity contribution is -0.208. The van der Waals surface area contributed by atoms with E-state index < -0.39 is 42.2 Å². The van der Waals surface area contributed by atoms with Gasteiger partial charge in [-0.25, -0.2) is 9.18 Å². The van der Waals surface area contributed by atoms with Gasteiger partial charge < -0.3 is 14.2 Å². The molecule has 0 aliphatic carbocycles. The van der Waals surface area contributed by atoms with Crippen molar-refractivity contribution in [2.75, 3.05) is 6.61 Å². The molecule has 37 heavy (non-hydrogen) atoms. The molecular weight excluding hydrogens is 495 g/mol. The molecule has 0 aliphatic rings. The standard InChI is InChI=1S/C28H35F5O4/c1-3-5-7-9-10-12-24(28(31,32)33)37-27(34)36-23-18-17-22(25(29)26(23)30)20-13-15-21(16-14-20)35-19-11-8-6-4-2/h13-18,24H,3-12,19H2,1-2H3. The van der Waals surface area contributed by atoms with E-state index in [0.29, 0.717) is 24.3 Å². The second kappa shape index (κ2) is 15.4. The van der Waals surface area contributed by atoms with Crippen molar-refractivity contribution in [3.63, 3.8) is 0 Å². The van der Waals surface area contributed by atoms with Gasteiger partial charge in [-0.2, -0.15) is 17.6 Å². The minimum atomic E-state index is -4.80. The van der Waals surface area contributed by atoms with Gasteiger partial charge in [-0.15, -0.1) is 0 Å². The number of halogens is 5. The van der Waals surface area contributed by atoms with E-state index in [1.807, 2.05) is 6.92 Å². The van der Waals surface area contributed by atoms with E-state index in [2.05, 4.69) is 16.4 Å². The minimum absolute atomic E-state index is 0.104. The third kappa shape index (κ3) is 10.2. The van der Waals surface area contributed by atoms with Crippen LogP contribution < -0.4 is 9.47 Å². The highest BCUT2D eigenvalue weighted by molar-refractivity contribution is 5.68. The first kappa shape index (κ1) is 30.4. The number of alkyl halides is 3. The van der Waals surface area contributed by atoms with Gasteiger partial charge in [-0.05, 0) is 49.1 Å². The highest BCUT2D eigenvalue weighted by atomic mass is 19.4. The number of carbonyl (C=O) groups excluding carboxylic acids is 1. The Bertz CT molecular complexity index is 960. The lowest BCUT2D eigenvalue weighted by Gasteiger charge is -2.20. The second-order valence-corrected chi connectivity index (χ2v) is 8.88. The quantitative estimate of drug-likeness (QED) is 0.0996. The monoisotopic (exact) mass is 530 g/mol. The van der Waals surface area contributed by atoms with E-state index in [-0.39, 0.29) is 12.0 Å². The second-order valence-electron chi connectivity index (χ2n) is 8.88. The van der Waals surface area contributed by atoms with Crippen LogP contribution in [0.4, 0.5) is 26.7 Å². The molecule has 0 saturated carbocycles. The summed E-state index contributed by atoms with van der Waals surface area (Å²) in [5.41, 5.74) is 0.247. The van der Waals surface area contributed by atoms with E-state index in [1.165, 1.54) is 6.07 Å². The van der Waals surface area contributed by atoms with Crippen LogP contribution in [0.15, 0.2) is 36.4 Å². The van der Waals surface area contributed by atoms with Gasteiger partial charge in [0.2, 0.25) is 11.9 Å². The zero-order chi connectivity index (χ0) is 27.3. The van der Waals surface area contributed by atoms with Crippen LogP contribution in [-0.2, 0) is 4.74 Å². The van der Waals surface area contributed by atoms with Crippen molar-refractivity contribution in [2.24, 2.45) is 0 Å².